The van der Waals surface area contributed by atoms with Gasteiger partial charge < -0.3 is 15.8 Å². The molecule has 1 heterocycles. The van der Waals surface area contributed by atoms with Gasteiger partial charge in [0.05, 0.1) is 29.9 Å². The van der Waals surface area contributed by atoms with E-state index in [4.69, 9.17) is 10.5 Å². The van der Waals surface area contributed by atoms with E-state index in [1.54, 1.807) is 13.8 Å². The summed E-state index contributed by atoms with van der Waals surface area (Å²) >= 11 is 0. The molecular formula is C18H20F2N4O5S. The largest absolute Gasteiger partial charge is 0.462 e. The highest BCUT2D eigenvalue weighted by atomic mass is 32.2. The van der Waals surface area contributed by atoms with Crippen LogP contribution < -0.4 is 15.8 Å². The maximum Gasteiger partial charge on any atom is 0.341 e. The molecule has 0 spiro atoms. The number of nitrogens with zero attached hydrogens (tertiary/aromatic N) is 1. The lowest BCUT2D eigenvalue weighted by Gasteiger charge is -2.13. The van der Waals surface area contributed by atoms with Crippen molar-refractivity contribution in [2.75, 3.05) is 28.1 Å². The zero-order valence-corrected chi connectivity index (χ0v) is 17.0. The molecule has 30 heavy (non-hydrogen) atoms. The molecule has 0 saturated heterocycles. The number of amides is 1. The van der Waals surface area contributed by atoms with Gasteiger partial charge in [-0.3, -0.25) is 9.52 Å². The summed E-state index contributed by atoms with van der Waals surface area (Å²) in [5.41, 5.74) is 3.80. The van der Waals surface area contributed by atoms with Crippen molar-refractivity contribution in [3.05, 3.63) is 47.2 Å². The minimum atomic E-state index is -3.87. The number of aromatic nitrogens is 1. The molecule has 0 aliphatic carbocycles. The van der Waals surface area contributed by atoms with Gasteiger partial charge in [-0.05, 0) is 31.5 Å². The molecule has 0 radical (unpaired) electrons. The highest BCUT2D eigenvalue weighted by Gasteiger charge is 2.23. The fourth-order valence-corrected chi connectivity index (χ4v) is 3.57. The third-order valence-electron chi connectivity index (χ3n) is 3.73. The van der Waals surface area contributed by atoms with Crippen molar-refractivity contribution >= 4 is 39.1 Å². The van der Waals surface area contributed by atoms with Crippen molar-refractivity contribution in [2.24, 2.45) is 0 Å². The molecule has 0 fully saturated rings. The van der Waals surface area contributed by atoms with Gasteiger partial charge in [0.1, 0.15) is 22.8 Å². The third-order valence-corrected chi connectivity index (χ3v) is 5.20. The van der Waals surface area contributed by atoms with Gasteiger partial charge in [0.15, 0.2) is 5.82 Å². The van der Waals surface area contributed by atoms with E-state index >= 15 is 0 Å². The Morgan fingerprint density at radius 3 is 2.57 bits per heavy atom. The Morgan fingerprint density at radius 1 is 1.23 bits per heavy atom. The Hall–Kier alpha value is -3.28. The Morgan fingerprint density at radius 2 is 1.93 bits per heavy atom. The molecule has 0 saturated carbocycles. The summed E-state index contributed by atoms with van der Waals surface area (Å²) in [6, 6.07) is 2.77. The number of halogens is 2. The first kappa shape index (κ1) is 23.0. The summed E-state index contributed by atoms with van der Waals surface area (Å²) in [6.45, 7) is 3.27. The average molecular weight is 442 g/mol. The Labute approximate surface area is 171 Å². The molecule has 0 aliphatic rings. The maximum absolute atomic E-state index is 14.7. The summed E-state index contributed by atoms with van der Waals surface area (Å²) < 4.78 is 59.4. The van der Waals surface area contributed by atoms with E-state index in [2.05, 4.69) is 10.3 Å². The number of carbonyl (C=O) groups excluding carboxylic acids is 2. The summed E-state index contributed by atoms with van der Waals surface area (Å²) in [5, 5.41) is 2.20. The van der Waals surface area contributed by atoms with Crippen LogP contribution in [-0.2, 0) is 14.8 Å². The van der Waals surface area contributed by atoms with Crippen molar-refractivity contribution in [3.63, 3.8) is 0 Å². The Kier molecular flexibility index (Phi) is 7.27. The van der Waals surface area contributed by atoms with Gasteiger partial charge in [-0.1, -0.05) is 6.92 Å². The fourth-order valence-electron chi connectivity index (χ4n) is 2.44. The maximum atomic E-state index is 14.7. The van der Waals surface area contributed by atoms with Gasteiger partial charge in [-0.15, -0.1) is 0 Å². The lowest BCUT2D eigenvalue weighted by molar-refractivity contribution is 0.0527. The first-order chi connectivity index (χ1) is 14.1. The first-order valence-corrected chi connectivity index (χ1v) is 10.5. The normalized spacial score (nSPS) is 11.1. The molecule has 0 bridgehead atoms. The van der Waals surface area contributed by atoms with E-state index in [9.17, 15) is 26.8 Å². The molecule has 4 N–H and O–H groups in total. The van der Waals surface area contributed by atoms with E-state index in [0.717, 1.165) is 24.4 Å². The van der Waals surface area contributed by atoms with Crippen LogP contribution in [0.3, 0.4) is 0 Å². The molecule has 0 atom stereocenters. The molecule has 2 aromatic rings. The van der Waals surface area contributed by atoms with Gasteiger partial charge in [0, 0.05) is 0 Å². The number of sulfonamides is 1. The predicted octanol–water partition coefficient (Wildman–Crippen LogP) is 2.52. The van der Waals surface area contributed by atoms with Crippen LogP contribution in [0.25, 0.3) is 0 Å². The SMILES string of the molecule is CCCS(=O)(=O)Nc1ccc(F)c(C(=O)Nc2cnc(N)c(C(=O)OCC)c2)c1F. The minimum Gasteiger partial charge on any atom is -0.462 e. The number of esters is 1. The van der Waals surface area contributed by atoms with Gasteiger partial charge in [0.25, 0.3) is 5.91 Å². The molecule has 1 aromatic carbocycles. The summed E-state index contributed by atoms with van der Waals surface area (Å²) in [5.74, 6) is -5.04. The number of nitrogen functional groups attached to an aromatic ring is 1. The highest BCUT2D eigenvalue weighted by molar-refractivity contribution is 7.92. The van der Waals surface area contributed by atoms with Crippen molar-refractivity contribution in [1.82, 2.24) is 4.98 Å². The number of carbonyl (C=O) groups is 2. The number of hydrogen-bond donors (Lipinski definition) is 3. The monoisotopic (exact) mass is 442 g/mol. The van der Waals surface area contributed by atoms with E-state index < -0.39 is 44.8 Å². The average Bonchev–Trinajstić information content (AvgIpc) is 2.65. The first-order valence-electron chi connectivity index (χ1n) is 8.82. The minimum absolute atomic E-state index is 0.0754. The van der Waals surface area contributed by atoms with Crippen LogP contribution in [0.1, 0.15) is 41.0 Å². The van der Waals surface area contributed by atoms with Crippen LogP contribution >= 0.6 is 0 Å². The van der Waals surface area contributed by atoms with Crippen molar-refractivity contribution in [3.8, 4) is 0 Å². The number of nitrogens with two attached hydrogens (primary N) is 1. The zero-order valence-electron chi connectivity index (χ0n) is 16.2. The predicted molar refractivity (Wildman–Crippen MR) is 107 cm³/mol. The van der Waals surface area contributed by atoms with Crippen LogP contribution in [0.5, 0.6) is 0 Å². The van der Waals surface area contributed by atoms with Crippen LogP contribution in [0.2, 0.25) is 0 Å². The Balaban J connectivity index is 2.35. The standard InChI is InChI=1S/C18H20F2N4O5S/c1-3-7-30(27,28)24-13-6-5-12(19)14(15(13)20)17(25)23-10-8-11(16(21)22-9-10)18(26)29-4-2/h5-6,8-9,24H,3-4,7H2,1-2H3,(H2,21,22)(H,23,25). The van der Waals surface area contributed by atoms with Gasteiger partial charge >= 0.3 is 5.97 Å². The third kappa shape index (κ3) is 5.41. The lowest BCUT2D eigenvalue weighted by Crippen LogP contribution is -2.21. The molecule has 9 nitrogen and oxygen atoms in total. The highest BCUT2D eigenvalue weighted by Crippen LogP contribution is 2.24. The molecule has 0 unspecified atom stereocenters. The number of rotatable bonds is 8. The van der Waals surface area contributed by atoms with Gasteiger partial charge in [-0.25, -0.2) is 27.0 Å². The van der Waals surface area contributed by atoms with E-state index in [0.29, 0.717) is 0 Å². The molecule has 162 valence electrons. The van der Waals surface area contributed by atoms with Crippen LogP contribution in [0.15, 0.2) is 24.4 Å². The molecule has 12 heteroatoms. The second-order valence-corrected chi connectivity index (χ2v) is 7.88. The van der Waals surface area contributed by atoms with Crippen molar-refractivity contribution in [1.29, 1.82) is 0 Å². The number of benzene rings is 1. The molecule has 1 amide bonds. The summed E-state index contributed by atoms with van der Waals surface area (Å²) in [6.07, 6.45) is 1.36. The second-order valence-electron chi connectivity index (χ2n) is 6.04. The van der Waals surface area contributed by atoms with E-state index in [-0.39, 0.29) is 35.8 Å². The summed E-state index contributed by atoms with van der Waals surface area (Å²) in [4.78, 5) is 28.1. The van der Waals surface area contributed by atoms with Crippen molar-refractivity contribution < 1.29 is 31.5 Å². The smallest absolute Gasteiger partial charge is 0.341 e. The van der Waals surface area contributed by atoms with Crippen LogP contribution in [0, 0.1) is 11.6 Å². The fraction of sp³-hybridized carbons (Fsp3) is 0.278. The number of hydrogen-bond acceptors (Lipinski definition) is 7. The Bertz CT molecular complexity index is 1080. The topological polar surface area (TPSA) is 140 Å². The lowest BCUT2D eigenvalue weighted by atomic mass is 10.1. The second kappa shape index (κ2) is 9.48. The summed E-state index contributed by atoms with van der Waals surface area (Å²) in [7, 11) is -3.87. The van der Waals surface area contributed by atoms with E-state index in [1.165, 1.54) is 0 Å². The molecule has 2 rings (SSSR count). The van der Waals surface area contributed by atoms with Gasteiger partial charge in [0.2, 0.25) is 10.0 Å². The molecule has 0 aliphatic heterocycles. The number of ether oxygens (including phenoxy) is 1. The number of anilines is 3. The van der Waals surface area contributed by atoms with Crippen LogP contribution in [-0.4, -0.2) is 37.6 Å². The molecular weight excluding hydrogens is 422 g/mol. The van der Waals surface area contributed by atoms with E-state index in [1.807, 2.05) is 4.72 Å². The zero-order chi connectivity index (χ0) is 22.5. The number of pyridine rings is 1. The van der Waals surface area contributed by atoms with Crippen molar-refractivity contribution in [2.45, 2.75) is 20.3 Å². The van der Waals surface area contributed by atoms with Crippen LogP contribution in [0.4, 0.5) is 26.0 Å². The number of nitrogens with one attached hydrogen (secondary N) is 2. The quantitative estimate of drug-likeness (QED) is 0.534. The van der Waals surface area contributed by atoms with Gasteiger partial charge in [-0.2, -0.15) is 0 Å². The molecule has 1 aromatic heterocycles.